The van der Waals surface area contributed by atoms with E-state index in [0.717, 1.165) is 25.9 Å². The van der Waals surface area contributed by atoms with Gasteiger partial charge in [-0.05, 0) is 59.4 Å². The van der Waals surface area contributed by atoms with E-state index in [-0.39, 0.29) is 10.8 Å². The molecule has 0 aromatic carbocycles. The number of rotatable bonds is 6. The Hall–Kier alpha value is -1.71. The molecular weight excluding hydrogens is 420 g/mol. The number of likely N-dealkylation sites (tertiary alicyclic amines) is 1. The average molecular weight is 453 g/mol. The first kappa shape index (κ1) is 23.0. The number of carbonyl (C=O) groups is 1. The van der Waals surface area contributed by atoms with E-state index in [1.807, 2.05) is 44.2 Å². The molecule has 0 unspecified atom stereocenters. The molecule has 30 heavy (non-hydrogen) atoms. The van der Waals surface area contributed by atoms with Crippen molar-refractivity contribution in [1.29, 1.82) is 0 Å². The van der Waals surface area contributed by atoms with Gasteiger partial charge in [-0.25, -0.2) is 18.1 Å². The monoisotopic (exact) mass is 452 g/mol. The molecule has 7 nitrogen and oxygen atoms in total. The van der Waals surface area contributed by atoms with Gasteiger partial charge in [0.2, 0.25) is 10.0 Å². The van der Waals surface area contributed by atoms with Gasteiger partial charge in [-0.15, -0.1) is 11.3 Å². The van der Waals surface area contributed by atoms with Crippen molar-refractivity contribution in [2.24, 2.45) is 7.05 Å². The largest absolute Gasteiger partial charge is 0.345 e. The Morgan fingerprint density at radius 1 is 1.23 bits per heavy atom. The second kappa shape index (κ2) is 8.43. The summed E-state index contributed by atoms with van der Waals surface area (Å²) in [4.78, 5) is 20.4. The van der Waals surface area contributed by atoms with Gasteiger partial charge in [-0.2, -0.15) is 0 Å². The lowest BCUT2D eigenvalue weighted by molar-refractivity contribution is 0.0728. The van der Waals surface area contributed by atoms with Crippen molar-refractivity contribution in [3.63, 3.8) is 0 Å². The summed E-state index contributed by atoms with van der Waals surface area (Å²) in [5.74, 6) is 0.0288. The zero-order valence-electron chi connectivity index (χ0n) is 18.7. The third kappa shape index (κ3) is 4.48. The zero-order valence-corrected chi connectivity index (χ0v) is 20.3. The van der Waals surface area contributed by atoms with Crippen LogP contribution in [0.15, 0.2) is 11.0 Å². The lowest BCUT2D eigenvalue weighted by Crippen LogP contribution is -2.42. The molecule has 0 saturated carbocycles. The van der Waals surface area contributed by atoms with Crippen LogP contribution in [0.1, 0.15) is 67.5 Å². The molecule has 0 spiro atoms. The van der Waals surface area contributed by atoms with Crippen LogP contribution in [0.5, 0.6) is 0 Å². The van der Waals surface area contributed by atoms with Crippen LogP contribution in [0.4, 0.5) is 0 Å². The Bertz CT molecular complexity index is 1040. The summed E-state index contributed by atoms with van der Waals surface area (Å²) in [6.45, 7) is 10.9. The number of aromatic nitrogens is 2. The normalized spacial score (nSPS) is 15.6. The molecule has 1 aliphatic heterocycles. The topological polar surface area (TPSA) is 84.3 Å². The van der Waals surface area contributed by atoms with E-state index >= 15 is 0 Å². The second-order valence-corrected chi connectivity index (χ2v) is 11.3. The van der Waals surface area contributed by atoms with E-state index in [9.17, 15) is 13.2 Å². The molecule has 1 amide bonds. The van der Waals surface area contributed by atoms with Gasteiger partial charge in [0.25, 0.3) is 5.91 Å². The third-order valence-electron chi connectivity index (χ3n) is 5.93. The molecule has 0 aliphatic carbocycles. The maximum atomic E-state index is 13.0. The summed E-state index contributed by atoms with van der Waals surface area (Å²) in [6.07, 6.45) is 3.92. The summed E-state index contributed by atoms with van der Waals surface area (Å²) in [5, 5.41) is 0.662. The Labute approximate surface area is 183 Å². The van der Waals surface area contributed by atoms with E-state index in [1.54, 1.807) is 13.0 Å². The SMILES string of the molecule is CCC(C)(C)NS(=O)(=O)c1cc(-c2nc(C)c(C(=O)N3CCCCC3)s2)n(C)c1C. The van der Waals surface area contributed by atoms with Crippen LogP contribution >= 0.6 is 11.3 Å². The molecule has 0 radical (unpaired) electrons. The van der Waals surface area contributed by atoms with Gasteiger partial charge in [0.15, 0.2) is 0 Å². The van der Waals surface area contributed by atoms with E-state index in [1.165, 1.54) is 17.8 Å². The molecule has 166 valence electrons. The summed E-state index contributed by atoms with van der Waals surface area (Å²) < 4.78 is 30.6. The number of nitrogens with one attached hydrogen (secondary N) is 1. The highest BCUT2D eigenvalue weighted by molar-refractivity contribution is 7.89. The van der Waals surface area contributed by atoms with Crippen molar-refractivity contribution in [2.75, 3.05) is 13.1 Å². The van der Waals surface area contributed by atoms with Gasteiger partial charge in [-0.1, -0.05) is 6.92 Å². The molecule has 1 N–H and O–H groups in total. The minimum absolute atomic E-state index is 0.0288. The van der Waals surface area contributed by atoms with Crippen LogP contribution in [-0.4, -0.2) is 47.4 Å². The first-order valence-corrected chi connectivity index (χ1v) is 12.7. The lowest BCUT2D eigenvalue weighted by atomic mass is 10.0. The number of amides is 1. The predicted molar refractivity (Wildman–Crippen MR) is 120 cm³/mol. The highest BCUT2D eigenvalue weighted by atomic mass is 32.2. The van der Waals surface area contributed by atoms with Crippen molar-refractivity contribution in [2.45, 2.75) is 70.7 Å². The summed E-state index contributed by atoms with van der Waals surface area (Å²) in [6, 6.07) is 1.66. The van der Waals surface area contributed by atoms with Gasteiger partial charge >= 0.3 is 0 Å². The molecular formula is C21H32N4O3S2. The van der Waals surface area contributed by atoms with Crippen LogP contribution in [0.25, 0.3) is 10.7 Å². The lowest BCUT2D eigenvalue weighted by Gasteiger charge is -2.26. The Morgan fingerprint density at radius 2 is 1.87 bits per heavy atom. The van der Waals surface area contributed by atoms with Crippen LogP contribution in [0.2, 0.25) is 0 Å². The molecule has 0 bridgehead atoms. The van der Waals surface area contributed by atoms with Crippen LogP contribution < -0.4 is 4.72 Å². The molecule has 2 aromatic rings. The molecule has 0 atom stereocenters. The van der Waals surface area contributed by atoms with Gasteiger partial charge in [0.1, 0.15) is 14.8 Å². The molecule has 1 aliphatic rings. The highest BCUT2D eigenvalue weighted by Gasteiger charge is 2.30. The van der Waals surface area contributed by atoms with Crippen LogP contribution in [0.3, 0.4) is 0 Å². The van der Waals surface area contributed by atoms with Crippen LogP contribution in [-0.2, 0) is 17.1 Å². The summed E-state index contributed by atoms with van der Waals surface area (Å²) in [5.41, 5.74) is 1.50. The first-order valence-electron chi connectivity index (χ1n) is 10.4. The van der Waals surface area contributed by atoms with E-state index in [0.29, 0.717) is 33.4 Å². The van der Waals surface area contributed by atoms with Gasteiger partial charge in [-0.3, -0.25) is 4.79 Å². The molecule has 1 saturated heterocycles. The smallest absolute Gasteiger partial charge is 0.265 e. The number of hydrogen-bond acceptors (Lipinski definition) is 5. The standard InChI is InChI=1S/C21H32N4O3S2/c1-7-21(4,5)23-30(27,28)17-13-16(24(6)15(17)3)19-22-14(2)18(29-19)20(26)25-11-9-8-10-12-25/h13,23H,7-12H2,1-6H3. The highest BCUT2D eigenvalue weighted by Crippen LogP contribution is 2.33. The Kier molecular flexibility index (Phi) is 6.46. The van der Waals surface area contributed by atoms with Crippen molar-refractivity contribution in [3.8, 4) is 10.7 Å². The van der Waals surface area contributed by atoms with Gasteiger partial charge < -0.3 is 9.47 Å². The number of thiazole rings is 1. The van der Waals surface area contributed by atoms with E-state index in [4.69, 9.17) is 0 Å². The molecule has 3 heterocycles. The van der Waals surface area contributed by atoms with Gasteiger partial charge in [0.05, 0.1) is 11.4 Å². The minimum atomic E-state index is -3.68. The van der Waals surface area contributed by atoms with Crippen LogP contribution in [0, 0.1) is 13.8 Å². The first-order chi connectivity index (χ1) is 14.0. The van der Waals surface area contributed by atoms with Crippen molar-refractivity contribution >= 4 is 27.3 Å². The van der Waals surface area contributed by atoms with Crippen molar-refractivity contribution in [3.05, 3.63) is 22.3 Å². The number of carbonyl (C=O) groups excluding carboxylic acids is 1. The summed E-state index contributed by atoms with van der Waals surface area (Å²) in [7, 11) is -1.85. The van der Waals surface area contributed by atoms with Crippen molar-refractivity contribution < 1.29 is 13.2 Å². The minimum Gasteiger partial charge on any atom is -0.345 e. The number of hydrogen-bond donors (Lipinski definition) is 1. The maximum absolute atomic E-state index is 13.0. The fourth-order valence-corrected chi connectivity index (χ4v) is 6.45. The third-order valence-corrected chi connectivity index (χ3v) is 8.91. The maximum Gasteiger partial charge on any atom is 0.265 e. The fraction of sp³-hybridized carbons (Fsp3) is 0.619. The zero-order chi connectivity index (χ0) is 22.3. The van der Waals surface area contributed by atoms with Crippen molar-refractivity contribution in [1.82, 2.24) is 19.2 Å². The molecule has 1 fully saturated rings. The molecule has 3 rings (SSSR count). The Balaban J connectivity index is 1.96. The quantitative estimate of drug-likeness (QED) is 0.721. The predicted octanol–water partition coefficient (Wildman–Crippen LogP) is 3.86. The average Bonchev–Trinajstić information content (AvgIpc) is 3.21. The van der Waals surface area contributed by atoms with Gasteiger partial charge in [0, 0.05) is 31.4 Å². The number of sulfonamides is 1. The summed E-state index contributed by atoms with van der Waals surface area (Å²) >= 11 is 1.34. The number of piperidine rings is 1. The number of aryl methyl sites for hydroxylation is 1. The molecule has 9 heteroatoms. The Morgan fingerprint density at radius 3 is 2.47 bits per heavy atom. The second-order valence-electron chi connectivity index (χ2n) is 8.67. The molecule has 2 aromatic heterocycles. The van der Waals surface area contributed by atoms with E-state index < -0.39 is 15.6 Å². The van der Waals surface area contributed by atoms with E-state index in [2.05, 4.69) is 9.71 Å². The fourth-order valence-electron chi connectivity index (χ4n) is 3.58. The number of nitrogens with zero attached hydrogens (tertiary/aromatic N) is 3.